The lowest BCUT2D eigenvalue weighted by Gasteiger charge is -2.34. The van der Waals surface area contributed by atoms with Gasteiger partial charge in [-0.2, -0.15) is 5.10 Å². The van der Waals surface area contributed by atoms with E-state index in [-0.39, 0.29) is 0 Å². The average molecular weight is 356 g/mol. The molecule has 1 aliphatic carbocycles. The van der Waals surface area contributed by atoms with Crippen LogP contribution in [0.3, 0.4) is 0 Å². The molecule has 1 heterocycles. The van der Waals surface area contributed by atoms with Crippen molar-refractivity contribution in [2.45, 2.75) is 64.8 Å². The van der Waals surface area contributed by atoms with E-state index in [0.29, 0.717) is 6.04 Å². The minimum absolute atomic E-state index is 0.566. The van der Waals surface area contributed by atoms with E-state index in [1.807, 2.05) is 0 Å². The highest BCUT2D eigenvalue weighted by Crippen LogP contribution is 2.34. The van der Waals surface area contributed by atoms with Crippen molar-refractivity contribution in [1.82, 2.24) is 15.1 Å². The minimum Gasteiger partial charge on any atom is -0.316 e. The first-order valence-corrected chi connectivity index (χ1v) is 9.27. The molecule has 0 aliphatic heterocycles. The first-order chi connectivity index (χ1) is 10.1. The molecule has 0 radical (unpaired) electrons. The fraction of sp³-hybridized carbons (Fsp3) is 0.824. The Labute approximate surface area is 138 Å². The van der Waals surface area contributed by atoms with Gasteiger partial charge in [-0.05, 0) is 54.1 Å². The zero-order valence-electron chi connectivity index (χ0n) is 14.0. The van der Waals surface area contributed by atoms with Crippen molar-refractivity contribution in [3.05, 3.63) is 15.9 Å². The fourth-order valence-corrected chi connectivity index (χ4v) is 4.60. The van der Waals surface area contributed by atoms with Gasteiger partial charge >= 0.3 is 0 Å². The molecule has 0 bridgehead atoms. The number of nitrogens with one attached hydrogen (secondary N) is 1. The normalized spacial score (nSPS) is 24.2. The SMILES string of the molecule is CCc1nn(C)c(CC(NC)C2CCCC(CC)C2)c1Br. The van der Waals surface area contributed by atoms with Crippen LogP contribution in [0.5, 0.6) is 0 Å². The lowest BCUT2D eigenvalue weighted by Crippen LogP contribution is -2.38. The predicted molar refractivity (Wildman–Crippen MR) is 92.6 cm³/mol. The molecule has 120 valence electrons. The zero-order valence-corrected chi connectivity index (χ0v) is 15.5. The molecule has 1 aromatic rings. The number of halogens is 1. The van der Waals surface area contributed by atoms with Gasteiger partial charge in [0.1, 0.15) is 0 Å². The van der Waals surface area contributed by atoms with E-state index in [1.54, 1.807) is 0 Å². The monoisotopic (exact) mass is 355 g/mol. The number of likely N-dealkylation sites (N-methyl/N-ethyl adjacent to an activating group) is 1. The third-order valence-electron chi connectivity index (χ3n) is 5.26. The molecule has 0 aromatic carbocycles. The van der Waals surface area contributed by atoms with Crippen LogP contribution in [0.2, 0.25) is 0 Å². The van der Waals surface area contributed by atoms with Gasteiger partial charge < -0.3 is 5.32 Å². The maximum atomic E-state index is 4.63. The molecule has 0 saturated heterocycles. The van der Waals surface area contributed by atoms with Crippen molar-refractivity contribution in [3.63, 3.8) is 0 Å². The van der Waals surface area contributed by atoms with Crippen LogP contribution in [0, 0.1) is 11.8 Å². The molecular weight excluding hydrogens is 326 g/mol. The summed E-state index contributed by atoms with van der Waals surface area (Å²) in [6, 6.07) is 0.566. The second kappa shape index (κ2) is 7.77. The van der Waals surface area contributed by atoms with Crippen molar-refractivity contribution in [2.24, 2.45) is 18.9 Å². The molecular formula is C17H30BrN3. The molecule has 0 amide bonds. The summed E-state index contributed by atoms with van der Waals surface area (Å²) in [6.45, 7) is 4.51. The Morgan fingerprint density at radius 3 is 2.71 bits per heavy atom. The maximum Gasteiger partial charge on any atom is 0.0766 e. The minimum atomic E-state index is 0.566. The van der Waals surface area contributed by atoms with E-state index in [2.05, 4.69) is 59.0 Å². The van der Waals surface area contributed by atoms with E-state index in [0.717, 1.165) is 24.7 Å². The largest absolute Gasteiger partial charge is 0.316 e. The van der Waals surface area contributed by atoms with Gasteiger partial charge in [0.15, 0.2) is 0 Å². The summed E-state index contributed by atoms with van der Waals surface area (Å²) in [5.41, 5.74) is 2.52. The zero-order chi connectivity index (χ0) is 15.4. The van der Waals surface area contributed by atoms with E-state index in [1.165, 1.54) is 48.0 Å². The number of nitrogens with zero attached hydrogens (tertiary/aromatic N) is 2. The van der Waals surface area contributed by atoms with Gasteiger partial charge in [0.2, 0.25) is 0 Å². The molecule has 21 heavy (non-hydrogen) atoms. The van der Waals surface area contributed by atoms with Crippen LogP contribution in [0.15, 0.2) is 4.47 Å². The van der Waals surface area contributed by atoms with Crippen molar-refractivity contribution < 1.29 is 0 Å². The second-order valence-electron chi connectivity index (χ2n) is 6.48. The van der Waals surface area contributed by atoms with Gasteiger partial charge in [0.05, 0.1) is 15.9 Å². The molecule has 1 aromatic heterocycles. The third kappa shape index (κ3) is 3.89. The lowest BCUT2D eigenvalue weighted by molar-refractivity contribution is 0.211. The smallest absolute Gasteiger partial charge is 0.0766 e. The van der Waals surface area contributed by atoms with Gasteiger partial charge in [0, 0.05) is 19.5 Å². The highest BCUT2D eigenvalue weighted by molar-refractivity contribution is 9.10. The van der Waals surface area contributed by atoms with Gasteiger partial charge in [-0.1, -0.05) is 33.1 Å². The van der Waals surface area contributed by atoms with E-state index < -0.39 is 0 Å². The first kappa shape index (κ1) is 17.0. The fourth-order valence-electron chi connectivity index (χ4n) is 3.82. The van der Waals surface area contributed by atoms with Crippen LogP contribution in [0.1, 0.15) is 57.3 Å². The molecule has 2 rings (SSSR count). The van der Waals surface area contributed by atoms with Gasteiger partial charge in [-0.3, -0.25) is 4.68 Å². The summed E-state index contributed by atoms with van der Waals surface area (Å²) in [5.74, 6) is 1.74. The van der Waals surface area contributed by atoms with Crippen molar-refractivity contribution in [1.29, 1.82) is 0 Å². The average Bonchev–Trinajstić information content (AvgIpc) is 2.79. The molecule has 3 nitrogen and oxygen atoms in total. The number of aromatic nitrogens is 2. The molecule has 4 heteroatoms. The van der Waals surface area contributed by atoms with Crippen molar-refractivity contribution >= 4 is 15.9 Å². The Kier molecular flexibility index (Phi) is 6.30. The Bertz CT molecular complexity index is 455. The van der Waals surface area contributed by atoms with Crippen molar-refractivity contribution in [2.75, 3.05) is 7.05 Å². The summed E-state index contributed by atoms with van der Waals surface area (Å²) in [6.07, 6.45) is 8.98. The lowest BCUT2D eigenvalue weighted by atomic mass is 9.76. The summed E-state index contributed by atoms with van der Waals surface area (Å²) in [5, 5.41) is 8.22. The Balaban J connectivity index is 2.10. The van der Waals surface area contributed by atoms with Crippen LogP contribution >= 0.6 is 15.9 Å². The number of hydrogen-bond donors (Lipinski definition) is 1. The molecule has 1 N–H and O–H groups in total. The molecule has 3 unspecified atom stereocenters. The Morgan fingerprint density at radius 1 is 1.38 bits per heavy atom. The predicted octanol–water partition coefficient (Wildman–Crippen LogP) is 4.09. The quantitative estimate of drug-likeness (QED) is 0.832. The molecule has 3 atom stereocenters. The Morgan fingerprint density at radius 2 is 2.14 bits per heavy atom. The summed E-state index contributed by atoms with van der Waals surface area (Å²) < 4.78 is 3.28. The van der Waals surface area contributed by atoms with Crippen LogP contribution < -0.4 is 5.32 Å². The highest BCUT2D eigenvalue weighted by atomic mass is 79.9. The molecule has 1 aliphatic rings. The van der Waals surface area contributed by atoms with E-state index in [4.69, 9.17) is 0 Å². The summed E-state index contributed by atoms with van der Waals surface area (Å²) >= 11 is 3.76. The second-order valence-corrected chi connectivity index (χ2v) is 7.28. The van der Waals surface area contributed by atoms with E-state index >= 15 is 0 Å². The highest BCUT2D eigenvalue weighted by Gasteiger charge is 2.28. The standard InChI is InChI=1S/C17H30BrN3/c1-5-12-8-7-9-13(10-12)15(19-3)11-16-17(18)14(6-2)20-21(16)4/h12-13,15,19H,5-11H2,1-4H3. The van der Waals surface area contributed by atoms with Crippen LogP contribution in [-0.4, -0.2) is 22.9 Å². The van der Waals surface area contributed by atoms with Crippen LogP contribution in [-0.2, 0) is 19.9 Å². The number of aryl methyl sites for hydroxylation is 2. The third-order valence-corrected chi connectivity index (χ3v) is 6.17. The summed E-state index contributed by atoms with van der Waals surface area (Å²) in [4.78, 5) is 0. The maximum absolute atomic E-state index is 4.63. The molecule has 0 spiro atoms. The number of hydrogen-bond acceptors (Lipinski definition) is 2. The molecule has 1 saturated carbocycles. The molecule has 1 fully saturated rings. The van der Waals surface area contributed by atoms with Crippen LogP contribution in [0.4, 0.5) is 0 Å². The van der Waals surface area contributed by atoms with Gasteiger partial charge in [-0.25, -0.2) is 0 Å². The van der Waals surface area contributed by atoms with Gasteiger partial charge in [-0.15, -0.1) is 0 Å². The Hall–Kier alpha value is -0.350. The summed E-state index contributed by atoms with van der Waals surface area (Å²) in [7, 11) is 4.19. The van der Waals surface area contributed by atoms with Gasteiger partial charge in [0.25, 0.3) is 0 Å². The topological polar surface area (TPSA) is 29.9 Å². The first-order valence-electron chi connectivity index (χ1n) is 8.48. The van der Waals surface area contributed by atoms with Crippen LogP contribution in [0.25, 0.3) is 0 Å². The van der Waals surface area contributed by atoms with Crippen molar-refractivity contribution in [3.8, 4) is 0 Å². The van der Waals surface area contributed by atoms with E-state index in [9.17, 15) is 0 Å². The number of rotatable bonds is 6.